The molecule has 1 aromatic heterocycles. The molecule has 1 aliphatic rings. The van der Waals surface area contributed by atoms with E-state index in [2.05, 4.69) is 24.3 Å². The van der Waals surface area contributed by atoms with E-state index in [1.807, 2.05) is 0 Å². The van der Waals surface area contributed by atoms with Crippen LogP contribution in [0.2, 0.25) is 0 Å². The molecule has 0 aliphatic heterocycles. The molecule has 0 radical (unpaired) electrons. The van der Waals surface area contributed by atoms with Gasteiger partial charge in [-0.1, -0.05) is 33.1 Å². The Morgan fingerprint density at radius 3 is 2.55 bits per heavy atom. The minimum Gasteiger partial charge on any atom is -0.491 e. The van der Waals surface area contributed by atoms with Crippen LogP contribution in [0.1, 0.15) is 33.1 Å². The minimum absolute atomic E-state index is 0.340. The number of hydrogen-bond donors (Lipinski definition) is 4. The quantitative estimate of drug-likeness (QED) is 0.495. The number of ether oxygens (including phenoxy) is 1. The van der Waals surface area contributed by atoms with Crippen molar-refractivity contribution >= 4 is 17.3 Å². The standard InChI is InChI=1S/C14H25N5O/c1-8-4-3-5-9(2)10(8)7-20-11-6-12(15)18-14(19-17)13(11)16/h6,8-10H,3-5,7,16-17H2,1-2H3,(H3,15,18,19). The van der Waals surface area contributed by atoms with Crippen LogP contribution in [0.4, 0.5) is 17.3 Å². The molecule has 6 heteroatoms. The minimum atomic E-state index is 0.340. The maximum absolute atomic E-state index is 5.96. The predicted molar refractivity (Wildman–Crippen MR) is 82.0 cm³/mol. The number of hydrazine groups is 1. The molecule has 112 valence electrons. The summed E-state index contributed by atoms with van der Waals surface area (Å²) in [5, 5.41) is 0. The average molecular weight is 279 g/mol. The lowest BCUT2D eigenvalue weighted by atomic mass is 9.74. The summed E-state index contributed by atoms with van der Waals surface area (Å²) in [5.74, 6) is 8.50. The van der Waals surface area contributed by atoms with E-state index in [0.717, 1.165) is 0 Å². The van der Waals surface area contributed by atoms with Crippen LogP contribution in [-0.4, -0.2) is 11.6 Å². The molecule has 2 rings (SSSR count). The van der Waals surface area contributed by atoms with E-state index in [1.165, 1.54) is 19.3 Å². The molecule has 1 aromatic rings. The Kier molecular flexibility index (Phi) is 4.54. The van der Waals surface area contributed by atoms with Gasteiger partial charge in [0.05, 0.1) is 6.61 Å². The molecule has 0 amide bonds. The molecule has 1 heterocycles. The van der Waals surface area contributed by atoms with Gasteiger partial charge in [-0.15, -0.1) is 0 Å². The smallest absolute Gasteiger partial charge is 0.169 e. The highest BCUT2D eigenvalue weighted by Gasteiger charge is 2.28. The van der Waals surface area contributed by atoms with Crippen LogP contribution in [0.5, 0.6) is 5.75 Å². The topological polar surface area (TPSA) is 112 Å². The van der Waals surface area contributed by atoms with Crippen LogP contribution < -0.4 is 27.5 Å². The Hall–Kier alpha value is -1.69. The molecule has 1 aliphatic carbocycles. The first-order chi connectivity index (χ1) is 9.52. The zero-order valence-electron chi connectivity index (χ0n) is 12.2. The molecule has 2 atom stereocenters. The van der Waals surface area contributed by atoms with Gasteiger partial charge in [0.1, 0.15) is 17.3 Å². The van der Waals surface area contributed by atoms with Crippen LogP contribution in [0.25, 0.3) is 0 Å². The van der Waals surface area contributed by atoms with Gasteiger partial charge in [-0.05, 0) is 17.8 Å². The van der Waals surface area contributed by atoms with Crippen LogP contribution in [0.15, 0.2) is 6.07 Å². The first-order valence-electron chi connectivity index (χ1n) is 7.18. The molecule has 0 bridgehead atoms. The Balaban J connectivity index is 2.08. The Labute approximate surface area is 120 Å². The third-order valence-corrected chi connectivity index (χ3v) is 4.39. The Morgan fingerprint density at radius 1 is 1.30 bits per heavy atom. The SMILES string of the molecule is CC1CCCC(C)C1COc1cc(N)nc(NN)c1N. The maximum Gasteiger partial charge on any atom is 0.169 e. The third-order valence-electron chi connectivity index (χ3n) is 4.39. The van der Waals surface area contributed by atoms with E-state index in [0.29, 0.717) is 47.4 Å². The summed E-state index contributed by atoms with van der Waals surface area (Å²) in [6, 6.07) is 1.65. The van der Waals surface area contributed by atoms with Gasteiger partial charge in [-0.25, -0.2) is 10.8 Å². The number of aromatic nitrogens is 1. The zero-order valence-corrected chi connectivity index (χ0v) is 12.2. The van der Waals surface area contributed by atoms with Crippen LogP contribution in [-0.2, 0) is 0 Å². The Morgan fingerprint density at radius 2 is 1.95 bits per heavy atom. The van der Waals surface area contributed by atoms with Crippen molar-refractivity contribution in [3.63, 3.8) is 0 Å². The second-order valence-electron chi connectivity index (χ2n) is 5.81. The third kappa shape index (κ3) is 3.07. The molecule has 0 spiro atoms. The molecule has 6 nitrogen and oxygen atoms in total. The summed E-state index contributed by atoms with van der Waals surface area (Å²) in [6.07, 6.45) is 3.84. The number of anilines is 3. The fourth-order valence-corrected chi connectivity index (χ4v) is 3.05. The van der Waals surface area contributed by atoms with Gasteiger partial charge in [-0.3, -0.25) is 0 Å². The maximum atomic E-state index is 5.96. The molecule has 1 saturated carbocycles. The van der Waals surface area contributed by atoms with Crippen molar-refractivity contribution < 1.29 is 4.74 Å². The lowest BCUT2D eigenvalue weighted by Crippen LogP contribution is -2.30. The lowest BCUT2D eigenvalue weighted by molar-refractivity contribution is 0.111. The fourth-order valence-electron chi connectivity index (χ4n) is 3.05. The van der Waals surface area contributed by atoms with Crippen LogP contribution in [0, 0.1) is 17.8 Å². The van der Waals surface area contributed by atoms with Crippen LogP contribution >= 0.6 is 0 Å². The molecular weight excluding hydrogens is 254 g/mol. The molecule has 20 heavy (non-hydrogen) atoms. The summed E-state index contributed by atoms with van der Waals surface area (Å²) in [5.41, 5.74) is 14.5. The van der Waals surface area contributed by atoms with Gasteiger partial charge in [0.2, 0.25) is 0 Å². The normalized spacial score (nSPS) is 26.2. The number of pyridine rings is 1. The summed E-state index contributed by atoms with van der Waals surface area (Å²) in [6.45, 7) is 5.24. The highest BCUT2D eigenvalue weighted by molar-refractivity contribution is 5.71. The summed E-state index contributed by atoms with van der Waals surface area (Å²) in [4.78, 5) is 4.01. The highest BCUT2D eigenvalue weighted by Crippen LogP contribution is 2.36. The van der Waals surface area contributed by atoms with Crippen LogP contribution in [0.3, 0.4) is 0 Å². The van der Waals surface area contributed by atoms with Crippen molar-refractivity contribution in [2.24, 2.45) is 23.6 Å². The molecule has 0 saturated heterocycles. The van der Waals surface area contributed by atoms with Crippen molar-refractivity contribution in [2.45, 2.75) is 33.1 Å². The largest absolute Gasteiger partial charge is 0.491 e. The van der Waals surface area contributed by atoms with Crippen molar-refractivity contribution in [3.8, 4) is 5.75 Å². The van der Waals surface area contributed by atoms with E-state index in [4.69, 9.17) is 22.0 Å². The van der Waals surface area contributed by atoms with Crippen molar-refractivity contribution in [1.29, 1.82) is 0 Å². The molecule has 0 aromatic carbocycles. The molecule has 1 fully saturated rings. The van der Waals surface area contributed by atoms with E-state index in [-0.39, 0.29) is 0 Å². The van der Waals surface area contributed by atoms with E-state index in [9.17, 15) is 0 Å². The zero-order chi connectivity index (χ0) is 14.7. The monoisotopic (exact) mass is 279 g/mol. The van der Waals surface area contributed by atoms with E-state index < -0.39 is 0 Å². The molecule has 7 N–H and O–H groups in total. The van der Waals surface area contributed by atoms with Gasteiger partial charge in [0, 0.05) is 6.07 Å². The number of nitrogens with two attached hydrogens (primary N) is 3. The number of nitrogens with one attached hydrogen (secondary N) is 1. The van der Waals surface area contributed by atoms with Gasteiger partial charge >= 0.3 is 0 Å². The lowest BCUT2D eigenvalue weighted by Gasteiger charge is -2.34. The first-order valence-corrected chi connectivity index (χ1v) is 7.18. The van der Waals surface area contributed by atoms with Gasteiger partial charge in [0.25, 0.3) is 0 Å². The van der Waals surface area contributed by atoms with Gasteiger partial charge in [0.15, 0.2) is 5.82 Å². The van der Waals surface area contributed by atoms with Crippen molar-refractivity contribution in [1.82, 2.24) is 4.98 Å². The average Bonchev–Trinajstić information content (AvgIpc) is 2.41. The predicted octanol–water partition coefficient (Wildman–Crippen LogP) is 1.98. The summed E-state index contributed by atoms with van der Waals surface area (Å²) < 4.78 is 5.90. The highest BCUT2D eigenvalue weighted by atomic mass is 16.5. The second-order valence-corrected chi connectivity index (χ2v) is 5.81. The Bertz CT molecular complexity index is 455. The van der Waals surface area contributed by atoms with E-state index >= 15 is 0 Å². The number of nitrogens with zero attached hydrogens (tertiary/aromatic N) is 1. The fraction of sp³-hybridized carbons (Fsp3) is 0.643. The first kappa shape index (κ1) is 14.7. The molecular formula is C14H25N5O. The number of nitrogen functional groups attached to an aromatic ring is 3. The number of rotatable bonds is 4. The van der Waals surface area contributed by atoms with Gasteiger partial charge < -0.3 is 21.6 Å². The molecule has 2 unspecified atom stereocenters. The number of hydrogen-bond acceptors (Lipinski definition) is 6. The van der Waals surface area contributed by atoms with Crippen molar-refractivity contribution in [3.05, 3.63) is 6.07 Å². The van der Waals surface area contributed by atoms with E-state index in [1.54, 1.807) is 6.07 Å². The summed E-state index contributed by atoms with van der Waals surface area (Å²) in [7, 11) is 0. The van der Waals surface area contributed by atoms with Gasteiger partial charge in [-0.2, -0.15) is 0 Å². The summed E-state index contributed by atoms with van der Waals surface area (Å²) >= 11 is 0. The van der Waals surface area contributed by atoms with Crippen molar-refractivity contribution in [2.75, 3.05) is 23.5 Å². The second kappa shape index (κ2) is 6.17.